The van der Waals surface area contributed by atoms with Crippen molar-refractivity contribution in [3.63, 3.8) is 0 Å². The summed E-state index contributed by atoms with van der Waals surface area (Å²) in [6.07, 6.45) is 0. The molecule has 0 bridgehead atoms. The standard InChI is InChI=1S/C54H33NO2/c1-2-13-34(14-3-1)38-32-48-51-45-20-8-6-17-42(45)43-18-7-9-21-46(43)54(51)57-53(48)49(33-38)55(40-30-25-35-15-4-5-16-37(35)31-40)39-28-26-36(27-29-39)41-22-12-23-47-44-19-10-11-24-50(44)56-52(41)47/h1-33H. The molecule has 266 valence electrons. The lowest BCUT2D eigenvalue weighted by Crippen LogP contribution is -2.10. The quantitative estimate of drug-likeness (QED) is 0.165. The van der Waals surface area contributed by atoms with Gasteiger partial charge >= 0.3 is 0 Å². The van der Waals surface area contributed by atoms with Gasteiger partial charge in [-0.25, -0.2) is 0 Å². The highest BCUT2D eigenvalue weighted by atomic mass is 16.3. The summed E-state index contributed by atoms with van der Waals surface area (Å²) in [6, 6.07) is 71.4. The van der Waals surface area contributed by atoms with Crippen LogP contribution in [0.3, 0.4) is 0 Å². The zero-order valence-electron chi connectivity index (χ0n) is 30.8. The minimum absolute atomic E-state index is 0.843. The first-order valence-corrected chi connectivity index (χ1v) is 19.4. The number of furan rings is 2. The molecule has 0 amide bonds. The third kappa shape index (κ3) is 4.92. The van der Waals surface area contributed by atoms with Gasteiger partial charge in [0.25, 0.3) is 0 Å². The summed E-state index contributed by atoms with van der Waals surface area (Å²) < 4.78 is 13.7. The molecule has 0 atom stereocenters. The molecule has 3 heteroatoms. The van der Waals surface area contributed by atoms with Gasteiger partial charge in [-0.15, -0.1) is 0 Å². The summed E-state index contributed by atoms with van der Waals surface area (Å²) in [7, 11) is 0. The van der Waals surface area contributed by atoms with Gasteiger partial charge in [0.05, 0.1) is 5.69 Å². The van der Waals surface area contributed by atoms with Crippen molar-refractivity contribution in [1.82, 2.24) is 0 Å². The molecule has 0 aliphatic heterocycles. The van der Waals surface area contributed by atoms with Crippen molar-refractivity contribution in [3.8, 4) is 22.3 Å². The van der Waals surface area contributed by atoms with Crippen molar-refractivity contribution in [3.05, 3.63) is 200 Å². The second kappa shape index (κ2) is 12.5. The summed E-state index contributed by atoms with van der Waals surface area (Å²) in [5.74, 6) is 0. The maximum atomic E-state index is 7.22. The molecule has 0 radical (unpaired) electrons. The van der Waals surface area contributed by atoms with Crippen LogP contribution in [0.2, 0.25) is 0 Å². The van der Waals surface area contributed by atoms with Crippen LogP contribution < -0.4 is 4.90 Å². The van der Waals surface area contributed by atoms with Gasteiger partial charge < -0.3 is 13.7 Å². The second-order valence-corrected chi connectivity index (χ2v) is 14.8. The van der Waals surface area contributed by atoms with E-state index in [9.17, 15) is 0 Å². The van der Waals surface area contributed by atoms with Crippen molar-refractivity contribution < 1.29 is 8.83 Å². The monoisotopic (exact) mass is 727 g/mol. The Kier molecular flexibility index (Phi) is 6.93. The Morgan fingerprint density at radius 3 is 1.77 bits per heavy atom. The molecule has 57 heavy (non-hydrogen) atoms. The summed E-state index contributed by atoms with van der Waals surface area (Å²) in [6.45, 7) is 0. The van der Waals surface area contributed by atoms with Gasteiger partial charge in [-0.1, -0.05) is 158 Å². The molecule has 0 saturated heterocycles. The van der Waals surface area contributed by atoms with Gasteiger partial charge in [-0.05, 0) is 86.1 Å². The molecule has 0 spiro atoms. The first kappa shape index (κ1) is 31.7. The van der Waals surface area contributed by atoms with E-state index in [4.69, 9.17) is 8.83 Å². The van der Waals surface area contributed by atoms with E-state index in [2.05, 4.69) is 193 Å². The van der Waals surface area contributed by atoms with E-state index >= 15 is 0 Å². The van der Waals surface area contributed by atoms with Crippen molar-refractivity contribution >= 4 is 93.3 Å². The van der Waals surface area contributed by atoms with E-state index < -0.39 is 0 Å². The first-order chi connectivity index (χ1) is 28.3. The van der Waals surface area contributed by atoms with Gasteiger partial charge in [0.2, 0.25) is 0 Å². The lowest BCUT2D eigenvalue weighted by molar-refractivity contribution is 0.670. The van der Waals surface area contributed by atoms with Crippen LogP contribution in [0.15, 0.2) is 209 Å². The largest absolute Gasteiger partial charge is 0.455 e. The Morgan fingerprint density at radius 1 is 0.316 bits per heavy atom. The Hall–Kier alpha value is -7.62. The summed E-state index contributed by atoms with van der Waals surface area (Å²) in [5.41, 5.74) is 11.0. The number of nitrogens with zero attached hydrogens (tertiary/aromatic N) is 1. The minimum Gasteiger partial charge on any atom is -0.455 e. The summed E-state index contributed by atoms with van der Waals surface area (Å²) in [4.78, 5) is 2.36. The van der Waals surface area contributed by atoms with Gasteiger partial charge in [0.15, 0.2) is 5.58 Å². The molecule has 0 fully saturated rings. The molecule has 0 saturated carbocycles. The van der Waals surface area contributed by atoms with Crippen LogP contribution in [0.1, 0.15) is 0 Å². The number of rotatable bonds is 5. The molecule has 12 aromatic rings. The van der Waals surface area contributed by atoms with E-state index in [1.54, 1.807) is 0 Å². The fourth-order valence-electron chi connectivity index (χ4n) is 8.96. The molecule has 10 aromatic carbocycles. The zero-order chi connectivity index (χ0) is 37.5. The van der Waals surface area contributed by atoms with Crippen LogP contribution in [-0.2, 0) is 0 Å². The van der Waals surface area contributed by atoms with E-state index in [1.807, 2.05) is 12.1 Å². The Balaban J connectivity index is 1.15. The van der Waals surface area contributed by atoms with E-state index in [0.717, 1.165) is 88.6 Å². The molecular formula is C54H33NO2. The highest BCUT2D eigenvalue weighted by Crippen LogP contribution is 2.49. The molecule has 2 heterocycles. The van der Waals surface area contributed by atoms with Gasteiger partial charge in [-0.3, -0.25) is 0 Å². The van der Waals surface area contributed by atoms with Crippen molar-refractivity contribution in [1.29, 1.82) is 0 Å². The highest BCUT2D eigenvalue weighted by molar-refractivity contribution is 6.31. The van der Waals surface area contributed by atoms with Crippen molar-refractivity contribution in [2.75, 3.05) is 4.90 Å². The van der Waals surface area contributed by atoms with Crippen LogP contribution in [0.25, 0.3) is 98.4 Å². The number of fused-ring (bicyclic) bond motifs is 12. The van der Waals surface area contributed by atoms with E-state index in [-0.39, 0.29) is 0 Å². The number of para-hydroxylation sites is 2. The lowest BCUT2D eigenvalue weighted by Gasteiger charge is -2.27. The zero-order valence-corrected chi connectivity index (χ0v) is 30.8. The normalized spacial score (nSPS) is 11.9. The molecule has 2 aromatic heterocycles. The number of anilines is 3. The van der Waals surface area contributed by atoms with Crippen LogP contribution in [-0.4, -0.2) is 0 Å². The molecule has 0 aliphatic rings. The summed E-state index contributed by atoms with van der Waals surface area (Å²) in [5, 5.41) is 11.5. The molecule has 3 nitrogen and oxygen atoms in total. The van der Waals surface area contributed by atoms with Crippen LogP contribution in [0.4, 0.5) is 17.1 Å². The predicted molar refractivity (Wildman–Crippen MR) is 239 cm³/mol. The maximum absolute atomic E-state index is 7.22. The van der Waals surface area contributed by atoms with Gasteiger partial charge in [-0.2, -0.15) is 0 Å². The molecule has 0 aliphatic carbocycles. The number of hydrogen-bond acceptors (Lipinski definition) is 3. The molecular weight excluding hydrogens is 695 g/mol. The molecule has 0 unspecified atom stereocenters. The minimum atomic E-state index is 0.843. The van der Waals surface area contributed by atoms with Gasteiger partial charge in [0, 0.05) is 43.9 Å². The fourth-order valence-corrected chi connectivity index (χ4v) is 8.96. The Labute approximate surface area is 328 Å². The number of hydrogen-bond donors (Lipinski definition) is 0. The second-order valence-electron chi connectivity index (χ2n) is 14.8. The van der Waals surface area contributed by atoms with Crippen molar-refractivity contribution in [2.24, 2.45) is 0 Å². The molecule has 12 rings (SSSR count). The molecule has 0 N–H and O–H groups in total. The average molecular weight is 728 g/mol. The smallest absolute Gasteiger partial charge is 0.159 e. The van der Waals surface area contributed by atoms with Crippen LogP contribution in [0.5, 0.6) is 0 Å². The predicted octanol–water partition coefficient (Wildman–Crippen LogP) is 15.7. The topological polar surface area (TPSA) is 29.5 Å². The number of benzene rings is 10. The fraction of sp³-hybridized carbons (Fsp3) is 0. The summed E-state index contributed by atoms with van der Waals surface area (Å²) >= 11 is 0. The van der Waals surface area contributed by atoms with E-state index in [0.29, 0.717) is 0 Å². The average Bonchev–Trinajstić information content (AvgIpc) is 3.87. The third-order valence-corrected chi connectivity index (χ3v) is 11.6. The lowest BCUT2D eigenvalue weighted by atomic mass is 9.95. The van der Waals surface area contributed by atoms with Crippen LogP contribution in [0, 0.1) is 0 Å². The Bertz CT molecular complexity index is 3520. The Morgan fingerprint density at radius 2 is 0.947 bits per heavy atom. The van der Waals surface area contributed by atoms with E-state index in [1.165, 1.54) is 26.9 Å². The maximum Gasteiger partial charge on any atom is 0.159 e. The SMILES string of the molecule is c1ccc(-c2cc(N(c3ccc(-c4cccc5c4oc4ccccc45)cc3)c3ccc4ccccc4c3)c3oc4c5ccccc5c5ccccc5c4c3c2)cc1. The van der Waals surface area contributed by atoms with Crippen molar-refractivity contribution in [2.45, 2.75) is 0 Å². The highest BCUT2D eigenvalue weighted by Gasteiger charge is 2.24. The van der Waals surface area contributed by atoms with Crippen LogP contribution >= 0.6 is 0 Å². The first-order valence-electron chi connectivity index (χ1n) is 19.4. The third-order valence-electron chi connectivity index (χ3n) is 11.6. The van der Waals surface area contributed by atoms with Gasteiger partial charge in [0.1, 0.15) is 16.7 Å².